The van der Waals surface area contributed by atoms with E-state index in [9.17, 15) is 14.0 Å². The maximum absolute atomic E-state index is 13.0. The third kappa shape index (κ3) is 5.52. The minimum absolute atomic E-state index is 0.401. The van der Waals surface area contributed by atoms with Crippen molar-refractivity contribution < 1.29 is 18.7 Å². The van der Waals surface area contributed by atoms with Gasteiger partial charge < -0.3 is 10.1 Å². The van der Waals surface area contributed by atoms with Crippen molar-refractivity contribution in [2.45, 2.75) is 6.92 Å². The molecule has 0 bridgehead atoms. The van der Waals surface area contributed by atoms with Gasteiger partial charge in [0.25, 0.3) is 5.91 Å². The van der Waals surface area contributed by atoms with Crippen LogP contribution in [0.5, 0.6) is 0 Å². The molecule has 2 aromatic rings. The zero-order chi connectivity index (χ0) is 17.5. The third-order valence-corrected chi connectivity index (χ3v) is 3.31. The van der Waals surface area contributed by atoms with Crippen molar-refractivity contribution in [3.8, 4) is 0 Å². The molecule has 0 spiro atoms. The Morgan fingerprint density at radius 2 is 2.04 bits per heavy atom. The van der Waals surface area contributed by atoms with Gasteiger partial charge in [0, 0.05) is 16.8 Å². The SMILES string of the molecule is Cc1ccc(Cl)cc1NC(=O)COC(=O)/C=C/c1cccc(F)c1. The van der Waals surface area contributed by atoms with Crippen molar-refractivity contribution in [3.63, 3.8) is 0 Å². The highest BCUT2D eigenvalue weighted by Crippen LogP contribution is 2.19. The Bertz CT molecular complexity index is 790. The molecule has 2 aromatic carbocycles. The van der Waals surface area contributed by atoms with Crippen LogP contribution in [-0.2, 0) is 14.3 Å². The van der Waals surface area contributed by atoms with E-state index >= 15 is 0 Å². The van der Waals surface area contributed by atoms with Crippen LogP contribution >= 0.6 is 11.6 Å². The lowest BCUT2D eigenvalue weighted by Crippen LogP contribution is -2.20. The van der Waals surface area contributed by atoms with Crippen molar-refractivity contribution in [1.29, 1.82) is 0 Å². The second kappa shape index (κ2) is 8.26. The number of carbonyl (C=O) groups is 2. The summed E-state index contributed by atoms with van der Waals surface area (Å²) in [5.74, 6) is -1.58. The van der Waals surface area contributed by atoms with Crippen LogP contribution in [0.25, 0.3) is 6.08 Å². The first-order chi connectivity index (χ1) is 11.4. The molecule has 0 aliphatic carbocycles. The Morgan fingerprint density at radius 3 is 2.79 bits per heavy atom. The summed E-state index contributed by atoms with van der Waals surface area (Å²) < 4.78 is 17.8. The predicted molar refractivity (Wildman–Crippen MR) is 91.2 cm³/mol. The van der Waals surface area contributed by atoms with Crippen LogP contribution in [0.1, 0.15) is 11.1 Å². The van der Waals surface area contributed by atoms with Crippen LogP contribution in [0.3, 0.4) is 0 Å². The summed E-state index contributed by atoms with van der Waals surface area (Å²) in [6.07, 6.45) is 2.54. The average molecular weight is 348 g/mol. The molecule has 0 saturated carbocycles. The van der Waals surface area contributed by atoms with Crippen LogP contribution in [-0.4, -0.2) is 18.5 Å². The molecule has 124 valence electrons. The van der Waals surface area contributed by atoms with Gasteiger partial charge in [0.1, 0.15) is 5.82 Å². The van der Waals surface area contributed by atoms with E-state index in [0.717, 1.165) is 11.6 Å². The third-order valence-electron chi connectivity index (χ3n) is 3.08. The zero-order valence-corrected chi connectivity index (χ0v) is 13.6. The van der Waals surface area contributed by atoms with E-state index in [0.29, 0.717) is 16.3 Å². The van der Waals surface area contributed by atoms with Gasteiger partial charge in [-0.05, 0) is 48.4 Å². The van der Waals surface area contributed by atoms with Gasteiger partial charge in [-0.3, -0.25) is 4.79 Å². The Labute approximate surface area is 143 Å². The summed E-state index contributed by atoms with van der Waals surface area (Å²) in [5.41, 5.74) is 1.91. The molecule has 0 aliphatic heterocycles. The number of benzene rings is 2. The van der Waals surface area contributed by atoms with E-state index in [1.165, 1.54) is 24.3 Å². The van der Waals surface area contributed by atoms with Gasteiger partial charge in [-0.25, -0.2) is 9.18 Å². The van der Waals surface area contributed by atoms with Crippen LogP contribution in [0, 0.1) is 12.7 Å². The Kier molecular flexibility index (Phi) is 6.09. The molecule has 1 N–H and O–H groups in total. The summed E-state index contributed by atoms with van der Waals surface area (Å²) in [4.78, 5) is 23.4. The van der Waals surface area contributed by atoms with Gasteiger partial charge in [0.2, 0.25) is 0 Å². The molecule has 0 fully saturated rings. The molecule has 4 nitrogen and oxygen atoms in total. The summed E-state index contributed by atoms with van der Waals surface area (Å²) in [6, 6.07) is 10.8. The van der Waals surface area contributed by atoms with E-state index in [1.54, 1.807) is 24.3 Å². The monoisotopic (exact) mass is 347 g/mol. The zero-order valence-electron chi connectivity index (χ0n) is 12.9. The number of carbonyl (C=O) groups excluding carboxylic acids is 2. The Hall–Kier alpha value is -2.66. The molecule has 0 heterocycles. The fourth-order valence-electron chi connectivity index (χ4n) is 1.87. The van der Waals surface area contributed by atoms with Crippen molar-refractivity contribution in [3.05, 3.63) is 70.5 Å². The first-order valence-corrected chi connectivity index (χ1v) is 7.48. The number of halogens is 2. The fourth-order valence-corrected chi connectivity index (χ4v) is 2.05. The second-order valence-corrected chi connectivity index (χ2v) is 5.44. The van der Waals surface area contributed by atoms with Crippen LogP contribution < -0.4 is 5.32 Å². The molecule has 0 unspecified atom stereocenters. The average Bonchev–Trinajstić information content (AvgIpc) is 2.54. The lowest BCUT2D eigenvalue weighted by molar-refractivity contribution is -0.142. The minimum Gasteiger partial charge on any atom is -0.452 e. The quantitative estimate of drug-likeness (QED) is 0.657. The number of ether oxygens (including phenoxy) is 1. The Morgan fingerprint density at radius 1 is 1.25 bits per heavy atom. The lowest BCUT2D eigenvalue weighted by atomic mass is 10.2. The molecule has 0 aromatic heterocycles. The number of hydrogen-bond donors (Lipinski definition) is 1. The van der Waals surface area contributed by atoms with Crippen LogP contribution in [0.15, 0.2) is 48.5 Å². The molecular formula is C18H15ClFNO3. The van der Waals surface area contributed by atoms with Gasteiger partial charge in [-0.15, -0.1) is 0 Å². The second-order valence-electron chi connectivity index (χ2n) is 5.00. The number of aryl methyl sites for hydroxylation is 1. The van der Waals surface area contributed by atoms with E-state index in [-0.39, 0.29) is 0 Å². The molecule has 1 amide bonds. The van der Waals surface area contributed by atoms with Gasteiger partial charge in [-0.1, -0.05) is 29.8 Å². The molecule has 6 heteroatoms. The van der Waals surface area contributed by atoms with Crippen molar-refractivity contribution in [1.82, 2.24) is 0 Å². The molecular weight excluding hydrogens is 333 g/mol. The fraction of sp³-hybridized carbons (Fsp3) is 0.111. The van der Waals surface area contributed by atoms with Crippen molar-refractivity contribution in [2.24, 2.45) is 0 Å². The van der Waals surface area contributed by atoms with E-state index in [4.69, 9.17) is 16.3 Å². The first-order valence-electron chi connectivity index (χ1n) is 7.10. The van der Waals surface area contributed by atoms with Crippen molar-refractivity contribution >= 4 is 35.2 Å². The van der Waals surface area contributed by atoms with Crippen LogP contribution in [0.4, 0.5) is 10.1 Å². The summed E-state index contributed by atoms with van der Waals surface area (Å²) >= 11 is 5.87. The largest absolute Gasteiger partial charge is 0.452 e. The van der Waals surface area contributed by atoms with Crippen molar-refractivity contribution in [2.75, 3.05) is 11.9 Å². The molecule has 2 rings (SSSR count). The van der Waals surface area contributed by atoms with E-state index < -0.39 is 24.3 Å². The number of hydrogen-bond acceptors (Lipinski definition) is 3. The van der Waals surface area contributed by atoms with Gasteiger partial charge in [0.15, 0.2) is 6.61 Å². The van der Waals surface area contributed by atoms with E-state index in [2.05, 4.69) is 5.32 Å². The maximum atomic E-state index is 13.0. The normalized spacial score (nSPS) is 10.6. The summed E-state index contributed by atoms with van der Waals surface area (Å²) in [6.45, 7) is 1.39. The highest BCUT2D eigenvalue weighted by Gasteiger charge is 2.08. The molecule has 0 radical (unpaired) electrons. The molecule has 0 atom stereocenters. The van der Waals surface area contributed by atoms with E-state index in [1.807, 2.05) is 6.92 Å². The highest BCUT2D eigenvalue weighted by molar-refractivity contribution is 6.31. The molecule has 0 aliphatic rings. The van der Waals surface area contributed by atoms with Gasteiger partial charge >= 0.3 is 5.97 Å². The number of esters is 1. The predicted octanol–water partition coefficient (Wildman–Crippen LogP) is 3.98. The van der Waals surface area contributed by atoms with Gasteiger partial charge in [0.05, 0.1) is 0 Å². The number of nitrogens with one attached hydrogen (secondary N) is 1. The first kappa shape index (κ1) is 17.7. The minimum atomic E-state index is -0.697. The smallest absolute Gasteiger partial charge is 0.331 e. The standard InChI is InChI=1S/C18H15ClFNO3/c1-12-5-7-14(19)10-16(12)21-17(22)11-24-18(23)8-6-13-3-2-4-15(20)9-13/h2-10H,11H2,1H3,(H,21,22)/b8-6+. The molecule has 24 heavy (non-hydrogen) atoms. The maximum Gasteiger partial charge on any atom is 0.331 e. The molecule has 0 saturated heterocycles. The number of rotatable bonds is 5. The van der Waals surface area contributed by atoms with Crippen LogP contribution in [0.2, 0.25) is 5.02 Å². The number of anilines is 1. The Balaban J connectivity index is 1.85. The summed E-state index contributed by atoms with van der Waals surface area (Å²) in [5, 5.41) is 3.10. The topological polar surface area (TPSA) is 55.4 Å². The highest BCUT2D eigenvalue weighted by atomic mass is 35.5. The van der Waals surface area contributed by atoms with Gasteiger partial charge in [-0.2, -0.15) is 0 Å². The summed E-state index contributed by atoms with van der Waals surface area (Å²) in [7, 11) is 0. The lowest BCUT2D eigenvalue weighted by Gasteiger charge is -2.08. The number of amides is 1.